The predicted molar refractivity (Wildman–Crippen MR) is 64.2 cm³/mol. The molecule has 3 rings (SSSR count). The monoisotopic (exact) mass is 234 g/mol. The molecule has 2 aliphatic heterocycles. The fraction of sp³-hybridized carbons (Fsp3) is 0.615. The van der Waals surface area contributed by atoms with Gasteiger partial charge in [-0.15, -0.1) is 0 Å². The van der Waals surface area contributed by atoms with Gasteiger partial charge in [0.05, 0.1) is 13.2 Å². The van der Waals surface area contributed by atoms with Crippen LogP contribution in [0.15, 0.2) is 23.5 Å². The first-order chi connectivity index (χ1) is 8.33. The van der Waals surface area contributed by atoms with Crippen molar-refractivity contribution in [3.05, 3.63) is 23.5 Å². The van der Waals surface area contributed by atoms with E-state index >= 15 is 0 Å². The third kappa shape index (κ3) is 2.46. The van der Waals surface area contributed by atoms with Crippen molar-refractivity contribution in [2.24, 2.45) is 5.92 Å². The molecular weight excluding hydrogens is 216 g/mol. The molecular formula is C13H18N2O2. The molecule has 0 atom stereocenters. The number of ether oxygens (including phenoxy) is 1. The van der Waals surface area contributed by atoms with Gasteiger partial charge in [0.25, 0.3) is 0 Å². The smallest absolute Gasteiger partial charge is 0.414 e. The number of nitrogens with zero attached hydrogens (tertiary/aromatic N) is 1. The average molecular weight is 234 g/mol. The zero-order valence-corrected chi connectivity index (χ0v) is 9.95. The van der Waals surface area contributed by atoms with Crippen molar-refractivity contribution in [2.45, 2.75) is 25.7 Å². The van der Waals surface area contributed by atoms with Gasteiger partial charge >= 0.3 is 6.09 Å². The first-order valence-electron chi connectivity index (χ1n) is 6.40. The van der Waals surface area contributed by atoms with E-state index in [1.807, 2.05) is 12.3 Å². The van der Waals surface area contributed by atoms with Crippen LogP contribution in [-0.4, -0.2) is 30.7 Å². The molecule has 1 fully saturated rings. The number of allylic oxidation sites excluding steroid dienone is 1. The van der Waals surface area contributed by atoms with Crippen LogP contribution < -0.4 is 5.32 Å². The summed E-state index contributed by atoms with van der Waals surface area (Å²) in [6.45, 7) is 2.31. The Bertz CT molecular complexity index is 383. The Kier molecular flexibility index (Phi) is 2.79. The van der Waals surface area contributed by atoms with Gasteiger partial charge in [-0.3, -0.25) is 4.90 Å². The highest BCUT2D eigenvalue weighted by molar-refractivity contribution is 5.70. The van der Waals surface area contributed by atoms with Crippen LogP contribution in [0, 0.1) is 5.92 Å². The van der Waals surface area contributed by atoms with Crippen molar-refractivity contribution < 1.29 is 9.53 Å². The number of nitrogens with one attached hydrogen (secondary N) is 1. The van der Waals surface area contributed by atoms with Gasteiger partial charge in [-0.05, 0) is 43.3 Å². The Labute approximate surface area is 101 Å². The van der Waals surface area contributed by atoms with E-state index in [4.69, 9.17) is 4.74 Å². The second-order valence-electron chi connectivity index (χ2n) is 5.01. The van der Waals surface area contributed by atoms with Crippen LogP contribution in [-0.2, 0) is 4.74 Å². The Morgan fingerprint density at radius 3 is 3.24 bits per heavy atom. The van der Waals surface area contributed by atoms with Gasteiger partial charge in [0, 0.05) is 18.4 Å². The molecule has 0 aromatic rings. The molecule has 4 nitrogen and oxygen atoms in total. The fourth-order valence-corrected chi connectivity index (χ4v) is 2.23. The minimum Gasteiger partial charge on any atom is -0.449 e. The Balaban J connectivity index is 1.57. The van der Waals surface area contributed by atoms with Crippen molar-refractivity contribution >= 4 is 6.09 Å². The molecule has 1 saturated carbocycles. The van der Waals surface area contributed by atoms with Crippen LogP contribution in [0.5, 0.6) is 0 Å². The van der Waals surface area contributed by atoms with Crippen molar-refractivity contribution in [3.8, 4) is 0 Å². The zero-order valence-electron chi connectivity index (χ0n) is 9.95. The molecule has 0 aromatic heterocycles. The maximum Gasteiger partial charge on any atom is 0.414 e. The van der Waals surface area contributed by atoms with Crippen molar-refractivity contribution in [3.63, 3.8) is 0 Å². The van der Waals surface area contributed by atoms with Gasteiger partial charge in [-0.2, -0.15) is 0 Å². The molecule has 0 spiro atoms. The quantitative estimate of drug-likeness (QED) is 0.794. The minimum absolute atomic E-state index is 0.203. The van der Waals surface area contributed by atoms with E-state index in [0.29, 0.717) is 19.1 Å². The maximum absolute atomic E-state index is 11.8. The normalized spacial score (nSPS) is 23.2. The molecule has 0 saturated heterocycles. The number of carbonyl (C=O) groups excluding carboxylic acids is 1. The lowest BCUT2D eigenvalue weighted by molar-refractivity contribution is 0.114. The topological polar surface area (TPSA) is 41.6 Å². The lowest BCUT2D eigenvalue weighted by Gasteiger charge is -2.28. The van der Waals surface area contributed by atoms with E-state index in [0.717, 1.165) is 19.4 Å². The maximum atomic E-state index is 11.8. The summed E-state index contributed by atoms with van der Waals surface area (Å²) in [5.74, 6) is 0.624. The molecule has 0 bridgehead atoms. The van der Waals surface area contributed by atoms with Gasteiger partial charge in [-0.1, -0.05) is 0 Å². The second-order valence-corrected chi connectivity index (χ2v) is 5.01. The van der Waals surface area contributed by atoms with Gasteiger partial charge < -0.3 is 10.1 Å². The molecule has 1 N–H and O–H groups in total. The predicted octanol–water partition coefficient (Wildman–Crippen LogP) is 2.00. The van der Waals surface area contributed by atoms with Crippen LogP contribution in [0.3, 0.4) is 0 Å². The van der Waals surface area contributed by atoms with Gasteiger partial charge in [0.1, 0.15) is 0 Å². The van der Waals surface area contributed by atoms with Crippen LogP contribution >= 0.6 is 0 Å². The van der Waals surface area contributed by atoms with Gasteiger partial charge in [-0.25, -0.2) is 4.79 Å². The van der Waals surface area contributed by atoms with E-state index in [9.17, 15) is 4.79 Å². The lowest BCUT2D eigenvalue weighted by atomic mass is 10.0. The van der Waals surface area contributed by atoms with Crippen molar-refractivity contribution in [1.29, 1.82) is 0 Å². The number of amides is 1. The average Bonchev–Trinajstić information content (AvgIpc) is 3.19. The van der Waals surface area contributed by atoms with E-state index in [1.165, 1.54) is 24.1 Å². The molecule has 0 unspecified atom stereocenters. The molecule has 92 valence electrons. The van der Waals surface area contributed by atoms with E-state index in [1.54, 1.807) is 4.90 Å². The van der Waals surface area contributed by atoms with Crippen LogP contribution in [0.1, 0.15) is 25.7 Å². The summed E-state index contributed by atoms with van der Waals surface area (Å²) in [7, 11) is 0. The molecule has 2 heterocycles. The van der Waals surface area contributed by atoms with E-state index in [-0.39, 0.29) is 6.09 Å². The standard InChI is InChI=1S/C13H18N2O2/c16-13(17-9-10-3-4-10)15-7-5-12-11(8-15)2-1-6-14-12/h5,7,10,14H,1-4,6,8-9H2. The molecule has 1 aliphatic carbocycles. The number of hydrogen-bond donors (Lipinski definition) is 1. The highest BCUT2D eigenvalue weighted by atomic mass is 16.6. The summed E-state index contributed by atoms with van der Waals surface area (Å²) in [5, 5.41) is 3.35. The fourth-order valence-electron chi connectivity index (χ4n) is 2.23. The van der Waals surface area contributed by atoms with E-state index in [2.05, 4.69) is 5.32 Å². The summed E-state index contributed by atoms with van der Waals surface area (Å²) >= 11 is 0. The third-order valence-electron chi connectivity index (χ3n) is 3.51. The number of carbonyl (C=O) groups is 1. The molecule has 4 heteroatoms. The number of rotatable bonds is 2. The molecule has 3 aliphatic rings. The Hall–Kier alpha value is -1.45. The first kappa shape index (κ1) is 10.7. The van der Waals surface area contributed by atoms with Crippen molar-refractivity contribution in [2.75, 3.05) is 19.7 Å². The van der Waals surface area contributed by atoms with E-state index < -0.39 is 0 Å². The lowest BCUT2D eigenvalue weighted by Crippen LogP contribution is -2.35. The molecule has 0 aromatic carbocycles. The summed E-state index contributed by atoms with van der Waals surface area (Å²) < 4.78 is 5.28. The Morgan fingerprint density at radius 1 is 1.53 bits per heavy atom. The zero-order chi connectivity index (χ0) is 11.7. The SMILES string of the molecule is O=C(OCC1CC1)N1C=CC2=C(CCCN2)C1. The Morgan fingerprint density at radius 2 is 2.41 bits per heavy atom. The van der Waals surface area contributed by atoms with Crippen LogP contribution in [0.4, 0.5) is 4.79 Å². The summed E-state index contributed by atoms with van der Waals surface area (Å²) in [5.41, 5.74) is 2.52. The van der Waals surface area contributed by atoms with Crippen LogP contribution in [0.2, 0.25) is 0 Å². The van der Waals surface area contributed by atoms with Gasteiger partial charge in [0.15, 0.2) is 0 Å². The third-order valence-corrected chi connectivity index (χ3v) is 3.51. The summed E-state index contributed by atoms with van der Waals surface area (Å²) in [6, 6.07) is 0. The van der Waals surface area contributed by atoms with Crippen molar-refractivity contribution in [1.82, 2.24) is 10.2 Å². The van der Waals surface area contributed by atoms with Crippen LogP contribution in [0.25, 0.3) is 0 Å². The molecule has 17 heavy (non-hydrogen) atoms. The summed E-state index contributed by atoms with van der Waals surface area (Å²) in [6.07, 6.45) is 8.26. The second kappa shape index (κ2) is 4.43. The van der Waals surface area contributed by atoms with Gasteiger partial charge in [0.2, 0.25) is 0 Å². The molecule has 1 amide bonds. The minimum atomic E-state index is -0.203. The number of hydrogen-bond acceptors (Lipinski definition) is 3. The first-order valence-corrected chi connectivity index (χ1v) is 6.40. The largest absolute Gasteiger partial charge is 0.449 e. The highest BCUT2D eigenvalue weighted by Crippen LogP contribution is 2.29. The summed E-state index contributed by atoms with van der Waals surface area (Å²) in [4.78, 5) is 13.5. The molecule has 0 radical (unpaired) electrons. The highest BCUT2D eigenvalue weighted by Gasteiger charge is 2.26.